The maximum Gasteiger partial charge on any atom is 0.251 e. The number of carbonyl (C=O) groups is 1. The smallest absolute Gasteiger partial charge is 0.251 e. The van der Waals surface area contributed by atoms with E-state index >= 15 is 0 Å². The average Bonchev–Trinajstić information content (AvgIpc) is 2.75. The molecule has 0 fully saturated rings. The maximum absolute atomic E-state index is 12.7. The summed E-state index contributed by atoms with van der Waals surface area (Å²) in [5.41, 5.74) is 2.32. The van der Waals surface area contributed by atoms with Gasteiger partial charge in [-0.1, -0.05) is 54.1 Å². The fourth-order valence-electron chi connectivity index (χ4n) is 3.00. The van der Waals surface area contributed by atoms with Crippen LogP contribution in [-0.2, 0) is 16.6 Å². The molecule has 0 aromatic heterocycles. The van der Waals surface area contributed by atoms with Crippen molar-refractivity contribution in [1.82, 2.24) is 9.62 Å². The summed E-state index contributed by atoms with van der Waals surface area (Å²) < 4.78 is 26.7. The highest BCUT2D eigenvalue weighted by molar-refractivity contribution is 7.89. The molecule has 5 nitrogen and oxygen atoms in total. The lowest BCUT2D eigenvalue weighted by Crippen LogP contribution is -2.27. The fourth-order valence-corrected chi connectivity index (χ4v) is 4.28. The zero-order valence-electron chi connectivity index (χ0n) is 16.7. The third kappa shape index (κ3) is 5.27. The Hall–Kier alpha value is -2.67. The van der Waals surface area contributed by atoms with E-state index in [1.165, 1.54) is 23.5 Å². The molecule has 0 saturated heterocycles. The van der Waals surface area contributed by atoms with Crippen LogP contribution in [0.5, 0.6) is 0 Å². The Morgan fingerprint density at radius 2 is 1.57 bits per heavy atom. The van der Waals surface area contributed by atoms with E-state index in [9.17, 15) is 13.2 Å². The number of carbonyl (C=O) groups excluding carboxylic acids is 1. The zero-order valence-corrected chi connectivity index (χ0v) is 18.3. The Labute approximate surface area is 182 Å². The van der Waals surface area contributed by atoms with Crippen LogP contribution in [0, 0.1) is 0 Å². The number of hydrogen-bond acceptors (Lipinski definition) is 3. The van der Waals surface area contributed by atoms with E-state index < -0.39 is 10.0 Å². The van der Waals surface area contributed by atoms with Gasteiger partial charge >= 0.3 is 0 Å². The van der Waals surface area contributed by atoms with Gasteiger partial charge in [-0.2, -0.15) is 4.31 Å². The Bertz CT molecular complexity index is 1100. The lowest BCUT2D eigenvalue weighted by atomic mass is 10.1. The van der Waals surface area contributed by atoms with Crippen LogP contribution < -0.4 is 5.32 Å². The first-order valence-corrected chi connectivity index (χ1v) is 11.3. The summed E-state index contributed by atoms with van der Waals surface area (Å²) in [5, 5.41) is 3.45. The molecule has 0 heterocycles. The van der Waals surface area contributed by atoms with Gasteiger partial charge in [-0.15, -0.1) is 0 Å². The van der Waals surface area contributed by atoms with Crippen LogP contribution in [0.3, 0.4) is 0 Å². The van der Waals surface area contributed by atoms with Gasteiger partial charge in [-0.3, -0.25) is 4.79 Å². The van der Waals surface area contributed by atoms with Crippen molar-refractivity contribution >= 4 is 27.5 Å². The molecule has 1 unspecified atom stereocenters. The third-order valence-electron chi connectivity index (χ3n) is 4.79. The largest absolute Gasteiger partial charge is 0.346 e. The highest BCUT2D eigenvalue weighted by atomic mass is 35.5. The number of benzene rings is 3. The van der Waals surface area contributed by atoms with Crippen molar-refractivity contribution in [2.75, 3.05) is 7.05 Å². The van der Waals surface area contributed by atoms with Gasteiger partial charge in [0.1, 0.15) is 0 Å². The van der Waals surface area contributed by atoms with Crippen molar-refractivity contribution in [2.24, 2.45) is 0 Å². The van der Waals surface area contributed by atoms with Gasteiger partial charge in [-0.05, 0) is 54.4 Å². The number of nitrogens with zero attached hydrogens (tertiary/aromatic N) is 1. The van der Waals surface area contributed by atoms with E-state index in [1.54, 1.807) is 36.4 Å². The van der Waals surface area contributed by atoms with Gasteiger partial charge in [-0.25, -0.2) is 8.42 Å². The van der Waals surface area contributed by atoms with E-state index in [4.69, 9.17) is 11.6 Å². The molecule has 3 aromatic carbocycles. The molecule has 0 aliphatic carbocycles. The number of amides is 1. The van der Waals surface area contributed by atoms with E-state index in [0.29, 0.717) is 10.6 Å². The molecule has 0 saturated carbocycles. The summed E-state index contributed by atoms with van der Waals surface area (Å²) in [5.74, 6) is -0.181. The molecule has 3 aromatic rings. The second-order valence-corrected chi connectivity index (χ2v) is 9.50. The van der Waals surface area contributed by atoms with Gasteiger partial charge < -0.3 is 5.32 Å². The molecule has 0 spiro atoms. The fraction of sp³-hybridized carbons (Fsp3) is 0.174. The lowest BCUT2D eigenvalue weighted by molar-refractivity contribution is 0.0940. The predicted octanol–water partition coefficient (Wildman–Crippen LogP) is 4.65. The number of sulfonamides is 1. The standard InChI is InChI=1S/C23H23ClN2O3S/c1-17(19-6-4-3-5-7-19)25-23(27)20-10-8-18(9-11-20)16-26(2)30(28,29)22-14-12-21(24)13-15-22/h3-15,17H,16H2,1-2H3,(H,25,27). The normalized spacial score (nSPS) is 12.5. The van der Waals surface area contributed by atoms with Crippen molar-refractivity contribution in [3.63, 3.8) is 0 Å². The molecule has 1 atom stereocenters. The quantitative estimate of drug-likeness (QED) is 0.579. The van der Waals surface area contributed by atoms with Crippen LogP contribution in [0.15, 0.2) is 83.8 Å². The minimum atomic E-state index is -3.63. The van der Waals surface area contributed by atoms with Crippen molar-refractivity contribution < 1.29 is 13.2 Å². The molecule has 0 aliphatic rings. The molecular formula is C23H23ClN2O3S. The van der Waals surface area contributed by atoms with Gasteiger partial charge in [0, 0.05) is 24.2 Å². The minimum absolute atomic E-state index is 0.117. The van der Waals surface area contributed by atoms with E-state index in [0.717, 1.165) is 11.1 Å². The van der Waals surface area contributed by atoms with Gasteiger partial charge in [0.15, 0.2) is 0 Å². The van der Waals surface area contributed by atoms with Crippen molar-refractivity contribution in [1.29, 1.82) is 0 Å². The van der Waals surface area contributed by atoms with Gasteiger partial charge in [0.2, 0.25) is 10.0 Å². The highest BCUT2D eigenvalue weighted by Crippen LogP contribution is 2.19. The molecule has 3 rings (SSSR count). The summed E-state index contributed by atoms with van der Waals surface area (Å²) in [7, 11) is -2.11. The molecule has 0 aliphatic heterocycles. The first-order chi connectivity index (χ1) is 14.3. The number of nitrogens with one attached hydrogen (secondary N) is 1. The lowest BCUT2D eigenvalue weighted by Gasteiger charge is -2.18. The van der Waals surface area contributed by atoms with Crippen molar-refractivity contribution in [2.45, 2.75) is 24.4 Å². The predicted molar refractivity (Wildman–Crippen MR) is 119 cm³/mol. The van der Waals surface area contributed by atoms with Crippen molar-refractivity contribution in [3.05, 3.63) is 101 Å². The first-order valence-electron chi connectivity index (χ1n) is 9.44. The van der Waals surface area contributed by atoms with Gasteiger partial charge in [0.05, 0.1) is 10.9 Å². The third-order valence-corrected chi connectivity index (χ3v) is 6.86. The number of halogens is 1. The molecule has 7 heteroatoms. The Morgan fingerprint density at radius 3 is 2.17 bits per heavy atom. The average molecular weight is 443 g/mol. The minimum Gasteiger partial charge on any atom is -0.346 e. The summed E-state index contributed by atoms with van der Waals surface area (Å²) in [6.07, 6.45) is 0. The van der Waals surface area contributed by atoms with Crippen molar-refractivity contribution in [3.8, 4) is 0 Å². The van der Waals surface area contributed by atoms with E-state index in [1.807, 2.05) is 37.3 Å². The van der Waals surface area contributed by atoms with Crippen LogP contribution in [-0.4, -0.2) is 25.7 Å². The maximum atomic E-state index is 12.7. The first kappa shape index (κ1) is 22.0. The number of rotatable bonds is 7. The number of hydrogen-bond donors (Lipinski definition) is 1. The van der Waals surface area contributed by atoms with Crippen LogP contribution >= 0.6 is 11.6 Å². The monoisotopic (exact) mass is 442 g/mol. The SMILES string of the molecule is CC(NC(=O)c1ccc(CN(C)S(=O)(=O)c2ccc(Cl)cc2)cc1)c1ccccc1. The molecule has 0 radical (unpaired) electrons. The summed E-state index contributed by atoms with van der Waals surface area (Å²) in [6, 6.07) is 22.6. The van der Waals surface area contributed by atoms with Crippen LogP contribution in [0.4, 0.5) is 0 Å². The van der Waals surface area contributed by atoms with Crippen LogP contribution in [0.1, 0.15) is 34.5 Å². The summed E-state index contributed by atoms with van der Waals surface area (Å²) in [6.45, 7) is 2.12. The Balaban J connectivity index is 1.65. The Kier molecular flexibility index (Phi) is 6.92. The molecule has 0 bridgehead atoms. The summed E-state index contributed by atoms with van der Waals surface area (Å²) >= 11 is 5.84. The molecule has 30 heavy (non-hydrogen) atoms. The van der Waals surface area contributed by atoms with E-state index in [-0.39, 0.29) is 23.4 Å². The Morgan fingerprint density at radius 1 is 0.967 bits per heavy atom. The van der Waals surface area contributed by atoms with E-state index in [2.05, 4.69) is 5.32 Å². The summed E-state index contributed by atoms with van der Waals surface area (Å²) in [4.78, 5) is 12.7. The second-order valence-electron chi connectivity index (χ2n) is 7.02. The molecule has 1 amide bonds. The molecule has 156 valence electrons. The van der Waals surface area contributed by atoms with Crippen LogP contribution in [0.2, 0.25) is 5.02 Å². The molecular weight excluding hydrogens is 420 g/mol. The highest BCUT2D eigenvalue weighted by Gasteiger charge is 2.21. The second kappa shape index (κ2) is 9.43. The zero-order chi connectivity index (χ0) is 21.7. The topological polar surface area (TPSA) is 66.5 Å². The van der Waals surface area contributed by atoms with Gasteiger partial charge in [0.25, 0.3) is 5.91 Å². The molecule has 1 N–H and O–H groups in total. The van der Waals surface area contributed by atoms with Crippen LogP contribution in [0.25, 0.3) is 0 Å².